The number of likely N-dealkylation sites (tertiary alicyclic amines) is 1. The molecule has 0 aromatic carbocycles. The summed E-state index contributed by atoms with van der Waals surface area (Å²) in [5.41, 5.74) is 1.67. The van der Waals surface area contributed by atoms with Crippen LogP contribution in [0.2, 0.25) is 0 Å². The molecule has 28 heavy (non-hydrogen) atoms. The molecule has 0 bridgehead atoms. The minimum absolute atomic E-state index is 0.0477. The van der Waals surface area contributed by atoms with Gasteiger partial charge < -0.3 is 25.4 Å². The molecule has 1 atom stereocenters. The lowest BCUT2D eigenvalue weighted by Gasteiger charge is -2.51. The topological polar surface area (TPSA) is 110 Å². The van der Waals surface area contributed by atoms with Gasteiger partial charge in [0.15, 0.2) is 0 Å². The van der Waals surface area contributed by atoms with Crippen molar-refractivity contribution >= 4 is 17.7 Å². The molecule has 9 nitrogen and oxygen atoms in total. The third kappa shape index (κ3) is 2.80. The van der Waals surface area contributed by atoms with Crippen LogP contribution in [0.1, 0.15) is 37.1 Å². The van der Waals surface area contributed by atoms with E-state index in [1.54, 1.807) is 6.33 Å². The number of carbonyl (C=O) groups is 3. The third-order valence-electron chi connectivity index (χ3n) is 6.62. The molecular weight excluding hydrogens is 360 g/mol. The summed E-state index contributed by atoms with van der Waals surface area (Å²) in [5.74, 6) is 0.221. The number of aromatic nitrogens is 2. The molecule has 9 heteroatoms. The van der Waals surface area contributed by atoms with E-state index in [4.69, 9.17) is 0 Å². The minimum Gasteiger partial charge on any atom is -0.348 e. The molecule has 0 radical (unpaired) electrons. The fraction of sp³-hybridized carbons (Fsp3) is 0.684. The number of amides is 3. The SMILES string of the molecule is O=C1CNC[C@@H](C(=O)N2CCC3(CC2)c2nc[nH]c2CCN3C(=O)C2CC2)N1. The van der Waals surface area contributed by atoms with Crippen molar-refractivity contribution in [1.82, 2.24) is 30.4 Å². The van der Waals surface area contributed by atoms with Gasteiger partial charge in [-0.05, 0) is 25.7 Å². The average molecular weight is 386 g/mol. The second-order valence-electron chi connectivity index (χ2n) is 8.35. The van der Waals surface area contributed by atoms with Crippen LogP contribution < -0.4 is 10.6 Å². The number of H-pyrrole nitrogens is 1. The van der Waals surface area contributed by atoms with Gasteiger partial charge in [0.1, 0.15) is 6.04 Å². The van der Waals surface area contributed by atoms with Gasteiger partial charge in [0.25, 0.3) is 0 Å². The first-order valence-electron chi connectivity index (χ1n) is 10.2. The Labute approximate surface area is 163 Å². The van der Waals surface area contributed by atoms with Crippen LogP contribution in [0, 0.1) is 5.92 Å². The number of hydrogen-bond acceptors (Lipinski definition) is 5. The number of aromatic amines is 1. The first kappa shape index (κ1) is 17.7. The Morgan fingerprint density at radius 3 is 2.64 bits per heavy atom. The highest BCUT2D eigenvalue weighted by Crippen LogP contribution is 2.45. The predicted octanol–water partition coefficient (Wildman–Crippen LogP) is -0.890. The molecule has 4 heterocycles. The van der Waals surface area contributed by atoms with Crippen LogP contribution in [0.25, 0.3) is 0 Å². The number of rotatable bonds is 2. The maximum atomic E-state index is 13.0. The Kier molecular flexibility index (Phi) is 4.15. The molecule has 1 saturated carbocycles. The lowest BCUT2D eigenvalue weighted by Crippen LogP contribution is -2.63. The number of nitrogens with zero attached hydrogens (tertiary/aromatic N) is 3. The van der Waals surface area contributed by atoms with Gasteiger partial charge in [-0.25, -0.2) is 4.98 Å². The average Bonchev–Trinajstić information content (AvgIpc) is 3.45. The van der Waals surface area contributed by atoms with E-state index in [9.17, 15) is 14.4 Å². The monoisotopic (exact) mass is 386 g/mol. The molecule has 4 aliphatic rings. The van der Waals surface area contributed by atoms with E-state index < -0.39 is 11.6 Å². The number of piperidine rings is 1. The van der Waals surface area contributed by atoms with Crippen molar-refractivity contribution in [3.63, 3.8) is 0 Å². The lowest BCUT2D eigenvalue weighted by molar-refractivity contribution is -0.147. The molecule has 1 aromatic heterocycles. The summed E-state index contributed by atoms with van der Waals surface area (Å²) in [5, 5.41) is 5.76. The van der Waals surface area contributed by atoms with Crippen LogP contribution in [0.15, 0.2) is 6.33 Å². The number of carbonyl (C=O) groups excluding carboxylic acids is 3. The van der Waals surface area contributed by atoms with Gasteiger partial charge in [0, 0.05) is 44.2 Å². The minimum atomic E-state index is -0.508. The molecule has 1 aromatic rings. The number of imidazole rings is 1. The first-order valence-corrected chi connectivity index (χ1v) is 10.2. The highest BCUT2D eigenvalue weighted by Gasteiger charge is 2.51. The molecule has 1 spiro atoms. The smallest absolute Gasteiger partial charge is 0.246 e. The number of hydrogen-bond donors (Lipinski definition) is 3. The highest BCUT2D eigenvalue weighted by molar-refractivity contribution is 5.90. The van der Waals surface area contributed by atoms with E-state index in [1.165, 1.54) is 0 Å². The molecule has 5 rings (SSSR count). The zero-order valence-electron chi connectivity index (χ0n) is 15.9. The summed E-state index contributed by atoms with van der Waals surface area (Å²) >= 11 is 0. The van der Waals surface area contributed by atoms with Crippen molar-refractivity contribution in [1.29, 1.82) is 0 Å². The highest BCUT2D eigenvalue weighted by atomic mass is 16.2. The van der Waals surface area contributed by atoms with Gasteiger partial charge in [0.05, 0.1) is 24.1 Å². The standard InChI is InChI=1S/C19H26N6O3/c26-15-10-20-9-14(23-15)18(28)24-7-4-19(5-8-24)16-13(21-11-22-16)3-6-25(19)17(27)12-1-2-12/h11-12,14,20H,1-10H2,(H,21,22)(H,23,26)/t14-/m0/s1. The Bertz CT molecular complexity index is 808. The maximum Gasteiger partial charge on any atom is 0.246 e. The molecule has 3 N–H and O–H groups in total. The van der Waals surface area contributed by atoms with E-state index >= 15 is 0 Å². The van der Waals surface area contributed by atoms with Gasteiger partial charge in [-0.3, -0.25) is 14.4 Å². The molecule has 0 unspecified atom stereocenters. The molecule has 3 fully saturated rings. The summed E-state index contributed by atoms with van der Waals surface area (Å²) < 4.78 is 0. The molecule has 3 aliphatic heterocycles. The quantitative estimate of drug-likeness (QED) is 0.611. The zero-order valence-corrected chi connectivity index (χ0v) is 15.9. The Morgan fingerprint density at radius 1 is 1.14 bits per heavy atom. The summed E-state index contributed by atoms with van der Waals surface area (Å²) in [6.45, 7) is 2.55. The van der Waals surface area contributed by atoms with E-state index in [1.807, 2.05) is 4.90 Å². The summed E-state index contributed by atoms with van der Waals surface area (Å²) in [6.07, 6.45) is 5.86. The Balaban J connectivity index is 1.36. The van der Waals surface area contributed by atoms with Crippen molar-refractivity contribution in [2.75, 3.05) is 32.7 Å². The third-order valence-corrected chi connectivity index (χ3v) is 6.62. The van der Waals surface area contributed by atoms with Crippen LogP contribution in [-0.4, -0.2) is 76.3 Å². The molecular formula is C19H26N6O3. The van der Waals surface area contributed by atoms with Crippen molar-refractivity contribution in [3.8, 4) is 0 Å². The summed E-state index contributed by atoms with van der Waals surface area (Å²) in [6, 6.07) is -0.508. The fourth-order valence-corrected chi connectivity index (χ4v) is 4.95. The van der Waals surface area contributed by atoms with Crippen molar-refractivity contribution in [3.05, 3.63) is 17.7 Å². The number of nitrogens with one attached hydrogen (secondary N) is 3. The van der Waals surface area contributed by atoms with Gasteiger partial charge >= 0.3 is 0 Å². The largest absolute Gasteiger partial charge is 0.348 e. The molecule has 150 valence electrons. The van der Waals surface area contributed by atoms with Crippen molar-refractivity contribution < 1.29 is 14.4 Å². The number of fused-ring (bicyclic) bond motifs is 2. The first-order chi connectivity index (χ1) is 13.6. The van der Waals surface area contributed by atoms with Gasteiger partial charge in [-0.1, -0.05) is 0 Å². The summed E-state index contributed by atoms with van der Waals surface area (Å²) in [7, 11) is 0. The van der Waals surface area contributed by atoms with Crippen LogP contribution >= 0.6 is 0 Å². The van der Waals surface area contributed by atoms with E-state index in [0.717, 1.165) is 30.7 Å². The molecule has 3 amide bonds. The normalized spacial score (nSPS) is 26.7. The predicted molar refractivity (Wildman–Crippen MR) is 99.0 cm³/mol. The van der Waals surface area contributed by atoms with Crippen LogP contribution in [0.5, 0.6) is 0 Å². The van der Waals surface area contributed by atoms with Crippen LogP contribution in [0.4, 0.5) is 0 Å². The van der Waals surface area contributed by atoms with E-state index in [2.05, 4.69) is 25.5 Å². The maximum absolute atomic E-state index is 13.0. The Morgan fingerprint density at radius 2 is 1.93 bits per heavy atom. The van der Waals surface area contributed by atoms with Crippen molar-refractivity contribution in [2.45, 2.75) is 43.7 Å². The Hall–Kier alpha value is -2.42. The zero-order chi connectivity index (χ0) is 19.3. The second-order valence-corrected chi connectivity index (χ2v) is 8.35. The lowest BCUT2D eigenvalue weighted by atomic mass is 9.78. The van der Waals surface area contributed by atoms with E-state index in [-0.39, 0.29) is 30.2 Å². The number of piperazine rings is 1. The second kappa shape index (κ2) is 6.58. The van der Waals surface area contributed by atoms with E-state index in [0.29, 0.717) is 39.0 Å². The fourth-order valence-electron chi connectivity index (χ4n) is 4.95. The molecule has 1 aliphatic carbocycles. The van der Waals surface area contributed by atoms with Gasteiger partial charge in [0.2, 0.25) is 17.7 Å². The molecule has 2 saturated heterocycles. The van der Waals surface area contributed by atoms with Crippen molar-refractivity contribution in [2.24, 2.45) is 5.92 Å². The summed E-state index contributed by atoms with van der Waals surface area (Å²) in [4.78, 5) is 49.2. The van der Waals surface area contributed by atoms with Crippen LogP contribution in [0.3, 0.4) is 0 Å². The van der Waals surface area contributed by atoms with Gasteiger partial charge in [-0.15, -0.1) is 0 Å². The van der Waals surface area contributed by atoms with Gasteiger partial charge in [-0.2, -0.15) is 0 Å². The van der Waals surface area contributed by atoms with Crippen LogP contribution in [-0.2, 0) is 26.3 Å².